The van der Waals surface area contributed by atoms with Crippen LogP contribution >= 0.6 is 0 Å². The summed E-state index contributed by atoms with van der Waals surface area (Å²) in [6, 6.07) is 5.90. The molecule has 3 heteroatoms. The molecule has 0 spiro atoms. The molecule has 1 aliphatic heterocycles. The molecule has 1 saturated carbocycles. The van der Waals surface area contributed by atoms with Crippen LogP contribution in [0.3, 0.4) is 0 Å². The maximum Gasteiger partial charge on any atom is 0.234 e. The highest BCUT2D eigenvalue weighted by Gasteiger charge is 2.38. The number of aliphatic hydroxyl groups excluding tert-OH is 1. The van der Waals surface area contributed by atoms with Crippen molar-refractivity contribution in [3.8, 4) is 0 Å². The summed E-state index contributed by atoms with van der Waals surface area (Å²) in [7, 11) is 0. The van der Waals surface area contributed by atoms with Crippen molar-refractivity contribution < 1.29 is 9.90 Å². The molecule has 1 unspecified atom stereocenters. The minimum absolute atomic E-state index is 0.0384. The molecule has 0 radical (unpaired) electrons. The Kier molecular flexibility index (Phi) is 3.78. The van der Waals surface area contributed by atoms with Gasteiger partial charge in [-0.05, 0) is 43.4 Å². The number of anilines is 1. The van der Waals surface area contributed by atoms with Gasteiger partial charge in [0.1, 0.15) is 0 Å². The van der Waals surface area contributed by atoms with Crippen LogP contribution in [0, 0.1) is 5.92 Å². The average Bonchev–Trinajstić information content (AvgIpc) is 2.70. The number of aliphatic hydroxyl groups is 1. The van der Waals surface area contributed by atoms with Crippen LogP contribution in [0.1, 0.15) is 69.6 Å². The van der Waals surface area contributed by atoms with Crippen molar-refractivity contribution in [2.45, 2.75) is 63.9 Å². The summed E-state index contributed by atoms with van der Waals surface area (Å²) in [6.45, 7) is 3.87. The molecule has 1 heterocycles. The first-order chi connectivity index (χ1) is 9.98. The van der Waals surface area contributed by atoms with E-state index in [0.29, 0.717) is 5.92 Å². The van der Waals surface area contributed by atoms with Crippen LogP contribution in [-0.4, -0.2) is 11.0 Å². The average molecular weight is 287 g/mol. The van der Waals surface area contributed by atoms with Gasteiger partial charge in [0, 0.05) is 5.69 Å². The summed E-state index contributed by atoms with van der Waals surface area (Å²) >= 11 is 0. The summed E-state index contributed by atoms with van der Waals surface area (Å²) in [5.74, 6) is 0.686. The van der Waals surface area contributed by atoms with Gasteiger partial charge in [0.15, 0.2) is 0 Å². The number of fused-ring (bicyclic) bond motifs is 1. The van der Waals surface area contributed by atoms with Crippen molar-refractivity contribution in [1.82, 2.24) is 0 Å². The molecule has 1 aliphatic carbocycles. The summed E-state index contributed by atoms with van der Waals surface area (Å²) in [5.41, 5.74) is 2.34. The largest absolute Gasteiger partial charge is 0.388 e. The Morgan fingerprint density at radius 2 is 2.00 bits per heavy atom. The number of rotatable bonds is 3. The molecule has 3 rings (SSSR count). The summed E-state index contributed by atoms with van der Waals surface area (Å²) in [5, 5.41) is 13.4. The number of carbonyl (C=O) groups is 1. The van der Waals surface area contributed by atoms with Crippen LogP contribution < -0.4 is 5.32 Å². The molecular formula is C18H25NO2. The molecule has 2 N–H and O–H groups in total. The number of hydrogen-bond donors (Lipinski definition) is 2. The molecule has 21 heavy (non-hydrogen) atoms. The number of nitrogens with one attached hydrogen (secondary N) is 1. The van der Waals surface area contributed by atoms with Crippen LogP contribution in [0.25, 0.3) is 0 Å². The van der Waals surface area contributed by atoms with Gasteiger partial charge < -0.3 is 10.4 Å². The number of benzene rings is 1. The van der Waals surface area contributed by atoms with Crippen LogP contribution in [0.5, 0.6) is 0 Å². The molecule has 0 bridgehead atoms. The fourth-order valence-corrected chi connectivity index (χ4v) is 3.67. The second-order valence-corrected chi connectivity index (χ2v) is 7.14. The topological polar surface area (TPSA) is 49.3 Å². The minimum Gasteiger partial charge on any atom is -0.388 e. The fourth-order valence-electron chi connectivity index (χ4n) is 3.67. The van der Waals surface area contributed by atoms with Gasteiger partial charge in [0.2, 0.25) is 5.91 Å². The van der Waals surface area contributed by atoms with E-state index in [0.717, 1.165) is 23.2 Å². The molecule has 1 aromatic rings. The highest BCUT2D eigenvalue weighted by atomic mass is 16.3. The van der Waals surface area contributed by atoms with Gasteiger partial charge in [-0.2, -0.15) is 0 Å². The van der Waals surface area contributed by atoms with Gasteiger partial charge in [0.05, 0.1) is 11.5 Å². The molecule has 0 saturated heterocycles. The van der Waals surface area contributed by atoms with Crippen LogP contribution in [0.4, 0.5) is 5.69 Å². The molecule has 2 aliphatic rings. The molecule has 114 valence electrons. The highest BCUT2D eigenvalue weighted by molar-refractivity contribution is 6.05. The molecule has 1 aromatic carbocycles. The van der Waals surface area contributed by atoms with Gasteiger partial charge in [-0.1, -0.05) is 44.2 Å². The van der Waals surface area contributed by atoms with E-state index in [9.17, 15) is 9.90 Å². The first kappa shape index (κ1) is 14.6. The zero-order chi connectivity index (χ0) is 15.0. The first-order valence-corrected chi connectivity index (χ1v) is 8.12. The lowest BCUT2D eigenvalue weighted by atomic mass is 9.82. The van der Waals surface area contributed by atoms with E-state index in [2.05, 4.69) is 5.32 Å². The lowest BCUT2D eigenvalue weighted by Gasteiger charge is -2.24. The van der Waals surface area contributed by atoms with Crippen LogP contribution in [0.15, 0.2) is 18.2 Å². The van der Waals surface area contributed by atoms with Gasteiger partial charge in [-0.25, -0.2) is 0 Å². The zero-order valence-corrected chi connectivity index (χ0v) is 13.0. The molecule has 1 fully saturated rings. The van der Waals surface area contributed by atoms with Gasteiger partial charge in [-0.15, -0.1) is 0 Å². The van der Waals surface area contributed by atoms with E-state index < -0.39 is 11.5 Å². The maximum absolute atomic E-state index is 12.0. The van der Waals surface area contributed by atoms with E-state index in [-0.39, 0.29) is 5.91 Å². The molecular weight excluding hydrogens is 262 g/mol. The van der Waals surface area contributed by atoms with Crippen molar-refractivity contribution in [1.29, 1.82) is 0 Å². The highest BCUT2D eigenvalue weighted by Crippen LogP contribution is 2.40. The second-order valence-electron chi connectivity index (χ2n) is 7.14. The van der Waals surface area contributed by atoms with Crippen LogP contribution in [0.2, 0.25) is 0 Å². The quantitative estimate of drug-likeness (QED) is 0.885. The van der Waals surface area contributed by atoms with E-state index in [1.165, 1.54) is 32.1 Å². The SMILES string of the molecule is CC1(C)C(=O)Nc2ccc(C(O)CC3CCCCC3)cc21. The van der Waals surface area contributed by atoms with Gasteiger partial charge >= 0.3 is 0 Å². The van der Waals surface area contributed by atoms with Gasteiger partial charge in [0.25, 0.3) is 0 Å². The lowest BCUT2D eigenvalue weighted by Crippen LogP contribution is -2.27. The third kappa shape index (κ3) is 2.71. The number of amides is 1. The number of hydrogen-bond acceptors (Lipinski definition) is 2. The van der Waals surface area contributed by atoms with E-state index >= 15 is 0 Å². The Bertz CT molecular complexity index is 544. The normalized spacial score (nSPS) is 22.7. The molecule has 0 aromatic heterocycles. The monoisotopic (exact) mass is 287 g/mol. The predicted octanol–water partition coefficient (Wildman–Crippen LogP) is 3.92. The maximum atomic E-state index is 12.0. The van der Waals surface area contributed by atoms with E-state index in [4.69, 9.17) is 0 Å². The Balaban J connectivity index is 1.77. The minimum atomic E-state index is -0.504. The molecule has 3 nitrogen and oxygen atoms in total. The Morgan fingerprint density at radius 3 is 2.71 bits per heavy atom. The van der Waals surface area contributed by atoms with E-state index in [1.54, 1.807) is 0 Å². The summed E-state index contributed by atoms with van der Waals surface area (Å²) in [6.07, 6.45) is 6.86. The van der Waals surface area contributed by atoms with Crippen molar-refractivity contribution in [3.05, 3.63) is 29.3 Å². The van der Waals surface area contributed by atoms with Crippen molar-refractivity contribution in [2.75, 3.05) is 5.32 Å². The van der Waals surface area contributed by atoms with Crippen molar-refractivity contribution in [3.63, 3.8) is 0 Å². The van der Waals surface area contributed by atoms with Crippen molar-refractivity contribution >= 4 is 11.6 Å². The molecule has 1 atom stereocenters. The third-order valence-corrected chi connectivity index (χ3v) is 5.20. The number of carbonyl (C=O) groups excluding carboxylic acids is 1. The fraction of sp³-hybridized carbons (Fsp3) is 0.611. The summed E-state index contributed by atoms with van der Waals surface area (Å²) in [4.78, 5) is 12.0. The third-order valence-electron chi connectivity index (χ3n) is 5.20. The smallest absolute Gasteiger partial charge is 0.234 e. The standard InChI is InChI=1S/C18H25NO2/c1-18(2)14-11-13(8-9-15(14)19-17(18)21)16(20)10-12-6-4-3-5-7-12/h8-9,11-12,16,20H,3-7,10H2,1-2H3,(H,19,21). The predicted molar refractivity (Wildman–Crippen MR) is 84.2 cm³/mol. The Morgan fingerprint density at radius 1 is 1.29 bits per heavy atom. The second kappa shape index (κ2) is 5.45. The summed E-state index contributed by atoms with van der Waals surface area (Å²) < 4.78 is 0. The van der Waals surface area contributed by atoms with E-state index in [1.807, 2.05) is 32.0 Å². The Hall–Kier alpha value is -1.35. The molecule has 1 amide bonds. The zero-order valence-electron chi connectivity index (χ0n) is 13.0. The van der Waals surface area contributed by atoms with Crippen LogP contribution in [-0.2, 0) is 10.2 Å². The lowest BCUT2D eigenvalue weighted by molar-refractivity contribution is -0.119. The Labute approximate surface area is 126 Å². The van der Waals surface area contributed by atoms with Gasteiger partial charge in [-0.3, -0.25) is 4.79 Å². The van der Waals surface area contributed by atoms with Crippen molar-refractivity contribution in [2.24, 2.45) is 5.92 Å². The first-order valence-electron chi connectivity index (χ1n) is 8.12.